The predicted octanol–water partition coefficient (Wildman–Crippen LogP) is 2.36. The standard InChI is InChI=1S/C23H27F3N4O3/c1-28-19-6-5-18(31)14-20(19)33-22(28)7-8-27-21(32)15-29-9-11-30(12-10-29)17-4-2-3-16(13-17)23(24,25)26/h2-6,13,22H,7-12,14-15H2,1H3,(H,27,32). The molecule has 1 aliphatic carbocycles. The molecule has 4 rings (SSSR count). The van der Waals surface area contributed by atoms with Gasteiger partial charge >= 0.3 is 6.18 Å². The van der Waals surface area contributed by atoms with Gasteiger partial charge in [-0.05, 0) is 30.4 Å². The Balaban J connectivity index is 1.18. The summed E-state index contributed by atoms with van der Waals surface area (Å²) in [5.41, 5.74) is 0.796. The number of piperazine rings is 1. The predicted molar refractivity (Wildman–Crippen MR) is 116 cm³/mol. The van der Waals surface area contributed by atoms with E-state index in [1.54, 1.807) is 18.2 Å². The summed E-state index contributed by atoms with van der Waals surface area (Å²) in [6, 6.07) is 5.34. The minimum absolute atomic E-state index is 0.0178. The normalized spacial score (nSPS) is 21.3. The van der Waals surface area contributed by atoms with Crippen LogP contribution in [0.4, 0.5) is 18.9 Å². The van der Waals surface area contributed by atoms with Gasteiger partial charge in [0.05, 0.1) is 24.2 Å². The van der Waals surface area contributed by atoms with Gasteiger partial charge in [-0.2, -0.15) is 13.2 Å². The molecule has 0 bridgehead atoms. The largest absolute Gasteiger partial charge is 0.472 e. The summed E-state index contributed by atoms with van der Waals surface area (Å²) >= 11 is 0. The van der Waals surface area contributed by atoms with Gasteiger partial charge in [-0.3, -0.25) is 14.5 Å². The van der Waals surface area contributed by atoms with E-state index in [1.807, 2.05) is 21.7 Å². The Bertz CT molecular complexity index is 968. The quantitative estimate of drug-likeness (QED) is 0.698. The molecule has 1 fully saturated rings. The van der Waals surface area contributed by atoms with E-state index < -0.39 is 11.7 Å². The highest BCUT2D eigenvalue weighted by atomic mass is 19.4. The third-order valence-corrected chi connectivity index (χ3v) is 6.13. The van der Waals surface area contributed by atoms with Crippen LogP contribution >= 0.6 is 0 Å². The van der Waals surface area contributed by atoms with Gasteiger partial charge in [0.15, 0.2) is 12.0 Å². The van der Waals surface area contributed by atoms with Crippen LogP contribution in [0.3, 0.4) is 0 Å². The summed E-state index contributed by atoms with van der Waals surface area (Å²) in [6.45, 7) is 2.97. The monoisotopic (exact) mass is 464 g/mol. The van der Waals surface area contributed by atoms with Crippen molar-refractivity contribution >= 4 is 17.4 Å². The van der Waals surface area contributed by atoms with Crippen molar-refractivity contribution in [3.8, 4) is 0 Å². The number of nitrogens with one attached hydrogen (secondary N) is 1. The molecule has 2 aliphatic heterocycles. The van der Waals surface area contributed by atoms with Crippen LogP contribution in [0.25, 0.3) is 0 Å². The molecule has 178 valence electrons. The fraction of sp³-hybridized carbons (Fsp3) is 0.478. The van der Waals surface area contributed by atoms with E-state index in [1.165, 1.54) is 12.1 Å². The number of carbonyl (C=O) groups is 2. The molecule has 1 N–H and O–H groups in total. The van der Waals surface area contributed by atoms with E-state index in [-0.39, 0.29) is 30.9 Å². The summed E-state index contributed by atoms with van der Waals surface area (Å²) in [5.74, 6) is 0.597. The number of alkyl halides is 3. The summed E-state index contributed by atoms with van der Waals surface area (Å²) in [4.78, 5) is 29.8. The minimum atomic E-state index is -4.36. The number of benzene rings is 1. The lowest BCUT2D eigenvalue weighted by molar-refractivity contribution is -0.137. The van der Waals surface area contributed by atoms with E-state index in [0.29, 0.717) is 50.6 Å². The van der Waals surface area contributed by atoms with Gasteiger partial charge in [-0.25, -0.2) is 0 Å². The maximum atomic E-state index is 13.0. The molecule has 1 aromatic rings. The number of halogens is 3. The average molecular weight is 464 g/mol. The molecule has 1 amide bonds. The van der Waals surface area contributed by atoms with E-state index in [9.17, 15) is 22.8 Å². The Morgan fingerprint density at radius 1 is 1.18 bits per heavy atom. The zero-order valence-electron chi connectivity index (χ0n) is 18.4. The van der Waals surface area contributed by atoms with Gasteiger partial charge in [0.25, 0.3) is 0 Å². The number of carbonyl (C=O) groups excluding carboxylic acids is 2. The van der Waals surface area contributed by atoms with E-state index >= 15 is 0 Å². The number of amides is 1. The average Bonchev–Trinajstić information content (AvgIpc) is 3.08. The van der Waals surface area contributed by atoms with Crippen molar-refractivity contribution in [2.24, 2.45) is 0 Å². The van der Waals surface area contributed by atoms with Crippen molar-refractivity contribution in [2.75, 3.05) is 51.2 Å². The summed E-state index contributed by atoms with van der Waals surface area (Å²) in [6.07, 6.45) is -0.417. The van der Waals surface area contributed by atoms with Crippen LogP contribution in [0.1, 0.15) is 18.4 Å². The molecule has 10 heteroatoms. The lowest BCUT2D eigenvalue weighted by atomic mass is 10.1. The third kappa shape index (κ3) is 5.50. The van der Waals surface area contributed by atoms with Gasteiger partial charge in [0.2, 0.25) is 5.91 Å². The first-order chi connectivity index (χ1) is 15.7. The maximum Gasteiger partial charge on any atom is 0.416 e. The minimum Gasteiger partial charge on any atom is -0.472 e. The van der Waals surface area contributed by atoms with Crippen LogP contribution in [0.2, 0.25) is 0 Å². The number of anilines is 1. The van der Waals surface area contributed by atoms with Crippen molar-refractivity contribution in [3.63, 3.8) is 0 Å². The molecule has 33 heavy (non-hydrogen) atoms. The number of hydrogen-bond acceptors (Lipinski definition) is 6. The van der Waals surface area contributed by atoms with Gasteiger partial charge in [0.1, 0.15) is 5.76 Å². The molecule has 2 heterocycles. The number of ketones is 1. The van der Waals surface area contributed by atoms with E-state index in [4.69, 9.17) is 4.74 Å². The van der Waals surface area contributed by atoms with Crippen LogP contribution in [-0.4, -0.2) is 74.0 Å². The molecule has 0 spiro atoms. The molecule has 0 aromatic heterocycles. The summed E-state index contributed by atoms with van der Waals surface area (Å²) in [7, 11) is 1.90. The number of rotatable bonds is 6. The van der Waals surface area contributed by atoms with Gasteiger partial charge in [-0.15, -0.1) is 0 Å². The molecule has 1 saturated heterocycles. The van der Waals surface area contributed by atoms with Crippen LogP contribution in [0.15, 0.2) is 47.9 Å². The Hall–Kier alpha value is -3.01. The van der Waals surface area contributed by atoms with Crippen molar-refractivity contribution in [1.82, 2.24) is 15.1 Å². The summed E-state index contributed by atoms with van der Waals surface area (Å²) in [5, 5.41) is 2.91. The molecule has 7 nitrogen and oxygen atoms in total. The highest BCUT2D eigenvalue weighted by Crippen LogP contribution is 2.32. The number of ether oxygens (including phenoxy) is 1. The second kappa shape index (κ2) is 9.46. The Morgan fingerprint density at radius 3 is 2.67 bits per heavy atom. The molecule has 0 radical (unpaired) electrons. The first kappa shape index (κ1) is 23.2. The Labute approximate surface area is 190 Å². The molecule has 1 aromatic carbocycles. The lowest BCUT2D eigenvalue weighted by Crippen LogP contribution is -2.49. The second-order valence-electron chi connectivity index (χ2n) is 8.42. The molecule has 1 unspecified atom stereocenters. The number of nitrogens with zero attached hydrogens (tertiary/aromatic N) is 3. The maximum absolute atomic E-state index is 13.0. The van der Waals surface area contributed by atoms with Crippen LogP contribution < -0.4 is 10.2 Å². The zero-order valence-corrected chi connectivity index (χ0v) is 18.4. The van der Waals surface area contributed by atoms with Gasteiger partial charge < -0.3 is 19.9 Å². The second-order valence-corrected chi connectivity index (χ2v) is 8.42. The Kier molecular flexibility index (Phi) is 6.64. The number of allylic oxidation sites excluding steroid dienone is 3. The molecule has 1 atom stereocenters. The molecular weight excluding hydrogens is 437 g/mol. The number of likely N-dealkylation sites (N-methyl/N-ethyl adjacent to an activating group) is 1. The highest BCUT2D eigenvalue weighted by Gasteiger charge is 2.32. The highest BCUT2D eigenvalue weighted by molar-refractivity contribution is 5.93. The van der Waals surface area contributed by atoms with E-state index in [2.05, 4.69) is 5.32 Å². The fourth-order valence-corrected chi connectivity index (χ4v) is 4.28. The van der Waals surface area contributed by atoms with E-state index in [0.717, 1.165) is 11.8 Å². The SMILES string of the molecule is CN1C2=C(CC(=O)C=C2)OC1CCNC(=O)CN1CCN(c2cccc(C(F)(F)F)c2)CC1. The van der Waals surface area contributed by atoms with Crippen LogP contribution in [0.5, 0.6) is 0 Å². The molecule has 0 saturated carbocycles. The zero-order chi connectivity index (χ0) is 23.6. The van der Waals surface area contributed by atoms with Crippen molar-refractivity contribution in [3.05, 3.63) is 53.4 Å². The van der Waals surface area contributed by atoms with Crippen LogP contribution in [0, 0.1) is 0 Å². The van der Waals surface area contributed by atoms with Gasteiger partial charge in [0, 0.05) is 51.9 Å². The summed E-state index contributed by atoms with van der Waals surface area (Å²) < 4.78 is 44.7. The smallest absolute Gasteiger partial charge is 0.416 e. The van der Waals surface area contributed by atoms with Crippen molar-refractivity contribution in [1.29, 1.82) is 0 Å². The van der Waals surface area contributed by atoms with Crippen LogP contribution in [-0.2, 0) is 20.5 Å². The number of hydrogen-bond donors (Lipinski definition) is 1. The first-order valence-electron chi connectivity index (χ1n) is 11.0. The van der Waals surface area contributed by atoms with Crippen molar-refractivity contribution in [2.45, 2.75) is 25.2 Å². The molecule has 3 aliphatic rings. The first-order valence-corrected chi connectivity index (χ1v) is 11.0. The van der Waals surface area contributed by atoms with Gasteiger partial charge in [-0.1, -0.05) is 6.07 Å². The topological polar surface area (TPSA) is 65.1 Å². The third-order valence-electron chi connectivity index (χ3n) is 6.13. The molecular formula is C23H27F3N4O3. The fourth-order valence-electron chi connectivity index (χ4n) is 4.28. The Morgan fingerprint density at radius 2 is 1.94 bits per heavy atom. The van der Waals surface area contributed by atoms with Crippen molar-refractivity contribution < 1.29 is 27.5 Å². The lowest BCUT2D eigenvalue weighted by Gasteiger charge is -2.36.